The smallest absolute Gasteiger partial charge is 0.144 e. The molecule has 1 fully saturated rings. The molecule has 1 saturated carbocycles. The van der Waals surface area contributed by atoms with E-state index in [1.807, 2.05) is 6.07 Å². The number of rotatable bonds is 5. The molecule has 2 rings (SSSR count). The molecule has 0 bridgehead atoms. The fourth-order valence-electron chi connectivity index (χ4n) is 2.17. The molecule has 16 heavy (non-hydrogen) atoms. The van der Waals surface area contributed by atoms with Crippen molar-refractivity contribution in [3.05, 3.63) is 23.9 Å². The highest BCUT2D eigenvalue weighted by Crippen LogP contribution is 2.27. The van der Waals surface area contributed by atoms with Crippen molar-refractivity contribution in [2.75, 3.05) is 19.0 Å². The first-order valence-electron chi connectivity index (χ1n) is 5.88. The van der Waals surface area contributed by atoms with E-state index in [4.69, 9.17) is 5.84 Å². The molecule has 0 spiro atoms. The van der Waals surface area contributed by atoms with Crippen molar-refractivity contribution in [2.24, 2.45) is 11.8 Å². The number of hydrogen-bond donors (Lipinski definition) is 2. The Morgan fingerprint density at radius 3 is 3.00 bits per heavy atom. The maximum Gasteiger partial charge on any atom is 0.144 e. The number of pyridine rings is 1. The maximum absolute atomic E-state index is 5.43. The minimum atomic E-state index is 0.781. The Hall–Kier alpha value is -1.13. The molecule has 0 radical (unpaired) electrons. The standard InChI is InChI=1S/C12H20N4/c1-16(8-10-4-2-5-10)9-11-6-3-7-14-12(11)15-13/h3,6-7,10H,2,4-5,8-9,13H2,1H3,(H,14,15). The molecule has 4 nitrogen and oxygen atoms in total. The van der Waals surface area contributed by atoms with E-state index in [1.165, 1.54) is 25.8 Å². The maximum atomic E-state index is 5.43. The molecule has 88 valence electrons. The fourth-order valence-corrected chi connectivity index (χ4v) is 2.17. The van der Waals surface area contributed by atoms with E-state index in [1.54, 1.807) is 6.20 Å². The molecule has 1 aromatic rings. The normalized spacial score (nSPS) is 16.2. The highest BCUT2D eigenvalue weighted by molar-refractivity contribution is 5.42. The van der Waals surface area contributed by atoms with Crippen molar-refractivity contribution in [3.63, 3.8) is 0 Å². The summed E-state index contributed by atoms with van der Waals surface area (Å²) >= 11 is 0. The molecule has 0 saturated heterocycles. The summed E-state index contributed by atoms with van der Waals surface area (Å²) in [6.07, 6.45) is 5.93. The van der Waals surface area contributed by atoms with Crippen LogP contribution >= 0.6 is 0 Å². The van der Waals surface area contributed by atoms with Crippen LogP contribution in [0.5, 0.6) is 0 Å². The van der Waals surface area contributed by atoms with E-state index >= 15 is 0 Å². The van der Waals surface area contributed by atoms with Crippen LogP contribution in [0.2, 0.25) is 0 Å². The Morgan fingerprint density at radius 1 is 1.56 bits per heavy atom. The highest BCUT2D eigenvalue weighted by Gasteiger charge is 2.19. The van der Waals surface area contributed by atoms with Crippen LogP contribution in [0.1, 0.15) is 24.8 Å². The van der Waals surface area contributed by atoms with Gasteiger partial charge < -0.3 is 10.3 Å². The van der Waals surface area contributed by atoms with Gasteiger partial charge in [-0.15, -0.1) is 0 Å². The van der Waals surface area contributed by atoms with Gasteiger partial charge in [-0.3, -0.25) is 0 Å². The zero-order valence-corrected chi connectivity index (χ0v) is 9.82. The number of nitrogens with one attached hydrogen (secondary N) is 1. The lowest BCUT2D eigenvalue weighted by Crippen LogP contribution is -2.29. The summed E-state index contributed by atoms with van der Waals surface area (Å²) in [7, 11) is 2.16. The van der Waals surface area contributed by atoms with E-state index in [0.29, 0.717) is 0 Å². The number of aromatic nitrogens is 1. The Labute approximate surface area is 96.8 Å². The second-order valence-electron chi connectivity index (χ2n) is 4.65. The van der Waals surface area contributed by atoms with Crippen LogP contribution in [0.15, 0.2) is 18.3 Å². The van der Waals surface area contributed by atoms with E-state index < -0.39 is 0 Å². The van der Waals surface area contributed by atoms with Crippen molar-refractivity contribution < 1.29 is 0 Å². The van der Waals surface area contributed by atoms with Gasteiger partial charge in [0, 0.05) is 24.8 Å². The van der Waals surface area contributed by atoms with E-state index in [9.17, 15) is 0 Å². The van der Waals surface area contributed by atoms with E-state index in [-0.39, 0.29) is 0 Å². The molecule has 1 aromatic heterocycles. The molecule has 0 amide bonds. The van der Waals surface area contributed by atoms with Crippen LogP contribution in [-0.4, -0.2) is 23.5 Å². The van der Waals surface area contributed by atoms with Crippen LogP contribution in [0.3, 0.4) is 0 Å². The van der Waals surface area contributed by atoms with Gasteiger partial charge in [-0.2, -0.15) is 0 Å². The molecule has 1 aliphatic carbocycles. The van der Waals surface area contributed by atoms with Gasteiger partial charge in [0.2, 0.25) is 0 Å². The third kappa shape index (κ3) is 2.71. The summed E-state index contributed by atoms with van der Waals surface area (Å²) < 4.78 is 0. The Kier molecular flexibility index (Phi) is 3.74. The van der Waals surface area contributed by atoms with Gasteiger partial charge >= 0.3 is 0 Å². The second kappa shape index (κ2) is 5.27. The van der Waals surface area contributed by atoms with Crippen molar-refractivity contribution in [3.8, 4) is 0 Å². The fraction of sp³-hybridized carbons (Fsp3) is 0.583. The number of anilines is 1. The molecule has 0 aliphatic heterocycles. The molecule has 1 aliphatic rings. The number of hydrazine groups is 1. The predicted molar refractivity (Wildman–Crippen MR) is 65.7 cm³/mol. The molecule has 0 unspecified atom stereocenters. The average Bonchev–Trinajstić information content (AvgIpc) is 2.24. The molecule has 1 heterocycles. The first-order chi connectivity index (χ1) is 7.79. The number of nitrogens with zero attached hydrogens (tertiary/aromatic N) is 2. The lowest BCUT2D eigenvalue weighted by atomic mass is 9.85. The van der Waals surface area contributed by atoms with Gasteiger partial charge in [-0.1, -0.05) is 12.5 Å². The third-order valence-corrected chi connectivity index (χ3v) is 3.26. The number of hydrogen-bond acceptors (Lipinski definition) is 4. The summed E-state index contributed by atoms with van der Waals surface area (Å²) in [5, 5.41) is 0. The lowest BCUT2D eigenvalue weighted by Gasteiger charge is -2.30. The van der Waals surface area contributed by atoms with Gasteiger partial charge in [0.25, 0.3) is 0 Å². The summed E-state index contributed by atoms with van der Waals surface area (Å²) in [6, 6.07) is 4.02. The van der Waals surface area contributed by atoms with Crippen molar-refractivity contribution >= 4 is 5.82 Å². The van der Waals surface area contributed by atoms with Gasteiger partial charge in [-0.05, 0) is 31.9 Å². The quantitative estimate of drug-likeness (QED) is 0.584. The minimum Gasteiger partial charge on any atom is -0.308 e. The van der Waals surface area contributed by atoms with Crippen LogP contribution < -0.4 is 11.3 Å². The number of nitrogens with two attached hydrogens (primary N) is 1. The molecule has 0 aromatic carbocycles. The van der Waals surface area contributed by atoms with Crippen LogP contribution in [0, 0.1) is 5.92 Å². The SMILES string of the molecule is CN(Cc1cccnc1NN)CC1CCC1. The van der Waals surface area contributed by atoms with Crippen molar-refractivity contribution in [1.29, 1.82) is 0 Å². The number of nitrogen functional groups attached to an aromatic ring is 1. The zero-order chi connectivity index (χ0) is 11.4. The Bertz CT molecular complexity index is 336. The summed E-state index contributed by atoms with van der Waals surface area (Å²) in [6.45, 7) is 2.09. The molecular weight excluding hydrogens is 200 g/mol. The Morgan fingerprint density at radius 2 is 2.38 bits per heavy atom. The van der Waals surface area contributed by atoms with Crippen LogP contribution in [0.4, 0.5) is 5.82 Å². The van der Waals surface area contributed by atoms with Gasteiger partial charge in [-0.25, -0.2) is 10.8 Å². The zero-order valence-electron chi connectivity index (χ0n) is 9.82. The van der Waals surface area contributed by atoms with Gasteiger partial charge in [0.05, 0.1) is 0 Å². The Balaban J connectivity index is 1.91. The van der Waals surface area contributed by atoms with Crippen molar-refractivity contribution in [2.45, 2.75) is 25.8 Å². The first kappa shape index (κ1) is 11.4. The second-order valence-corrected chi connectivity index (χ2v) is 4.65. The topological polar surface area (TPSA) is 54.2 Å². The molecule has 4 heteroatoms. The van der Waals surface area contributed by atoms with Crippen LogP contribution in [-0.2, 0) is 6.54 Å². The van der Waals surface area contributed by atoms with Crippen LogP contribution in [0.25, 0.3) is 0 Å². The molecule has 3 N–H and O–H groups in total. The van der Waals surface area contributed by atoms with E-state index in [0.717, 1.165) is 23.8 Å². The lowest BCUT2D eigenvalue weighted by molar-refractivity contribution is 0.200. The van der Waals surface area contributed by atoms with E-state index in [2.05, 4.69) is 28.4 Å². The first-order valence-corrected chi connectivity index (χ1v) is 5.88. The largest absolute Gasteiger partial charge is 0.308 e. The minimum absolute atomic E-state index is 0.781. The van der Waals surface area contributed by atoms with Crippen molar-refractivity contribution in [1.82, 2.24) is 9.88 Å². The van der Waals surface area contributed by atoms with Gasteiger partial charge in [0.1, 0.15) is 5.82 Å². The van der Waals surface area contributed by atoms with Gasteiger partial charge in [0.15, 0.2) is 0 Å². The molecular formula is C12H20N4. The summed E-state index contributed by atoms with van der Waals surface area (Å²) in [5.41, 5.74) is 3.80. The third-order valence-electron chi connectivity index (χ3n) is 3.26. The monoisotopic (exact) mass is 220 g/mol. The molecule has 0 atom stereocenters. The predicted octanol–water partition coefficient (Wildman–Crippen LogP) is 1.60. The summed E-state index contributed by atoms with van der Waals surface area (Å²) in [5.74, 6) is 7.11. The average molecular weight is 220 g/mol. The highest BCUT2D eigenvalue weighted by atomic mass is 15.3. The summed E-state index contributed by atoms with van der Waals surface area (Å²) in [4.78, 5) is 6.55.